The van der Waals surface area contributed by atoms with Gasteiger partial charge in [-0.05, 0) is 23.8 Å². The summed E-state index contributed by atoms with van der Waals surface area (Å²) in [5, 5.41) is 9.43. The number of benzene rings is 1. The van der Waals surface area contributed by atoms with Crippen molar-refractivity contribution in [3.8, 4) is 5.75 Å². The van der Waals surface area contributed by atoms with E-state index < -0.39 is 11.4 Å². The standard InChI is InChI=1S/C12H12N2O2/c13-11(16)8-12(5-2-6-14-12)9-3-1-4-10(15)7-9/h1-7,15H,8H2,(H2,13,16). The van der Waals surface area contributed by atoms with Crippen molar-refractivity contribution >= 4 is 12.1 Å². The second-order valence-electron chi connectivity index (χ2n) is 3.75. The van der Waals surface area contributed by atoms with Crippen LogP contribution in [0.5, 0.6) is 5.75 Å². The Morgan fingerprint density at radius 1 is 1.50 bits per heavy atom. The molecule has 0 aromatic heterocycles. The Morgan fingerprint density at radius 2 is 2.31 bits per heavy atom. The fraction of sp³-hybridized carbons (Fsp3) is 0.167. The highest BCUT2D eigenvalue weighted by Gasteiger charge is 2.32. The summed E-state index contributed by atoms with van der Waals surface area (Å²) in [6.07, 6.45) is 5.32. The highest BCUT2D eigenvalue weighted by molar-refractivity contribution is 5.81. The number of carbonyl (C=O) groups excluding carboxylic acids is 1. The van der Waals surface area contributed by atoms with Gasteiger partial charge in [0.25, 0.3) is 0 Å². The number of rotatable bonds is 3. The first-order valence-electron chi connectivity index (χ1n) is 4.93. The largest absolute Gasteiger partial charge is 0.508 e. The number of aliphatic imine (C=N–C) groups is 1. The summed E-state index contributed by atoms with van der Waals surface area (Å²) in [6, 6.07) is 6.70. The van der Waals surface area contributed by atoms with E-state index in [9.17, 15) is 9.90 Å². The first-order valence-corrected chi connectivity index (χ1v) is 4.93. The van der Waals surface area contributed by atoms with Crippen molar-refractivity contribution in [2.45, 2.75) is 12.0 Å². The molecule has 0 aliphatic carbocycles. The third kappa shape index (κ3) is 1.82. The molecule has 82 valence electrons. The van der Waals surface area contributed by atoms with E-state index in [1.54, 1.807) is 30.5 Å². The summed E-state index contributed by atoms with van der Waals surface area (Å²) in [7, 11) is 0. The number of nitrogens with zero attached hydrogens (tertiary/aromatic N) is 1. The molecular weight excluding hydrogens is 204 g/mol. The number of phenols is 1. The summed E-state index contributed by atoms with van der Waals surface area (Å²) < 4.78 is 0. The number of primary amides is 1. The summed E-state index contributed by atoms with van der Waals surface area (Å²) in [5.41, 5.74) is 5.24. The molecule has 1 atom stereocenters. The summed E-state index contributed by atoms with van der Waals surface area (Å²) >= 11 is 0. The highest BCUT2D eigenvalue weighted by Crippen LogP contribution is 2.34. The molecule has 1 heterocycles. The smallest absolute Gasteiger partial charge is 0.220 e. The van der Waals surface area contributed by atoms with E-state index in [-0.39, 0.29) is 12.2 Å². The molecule has 1 aromatic rings. The topological polar surface area (TPSA) is 75.7 Å². The molecule has 16 heavy (non-hydrogen) atoms. The third-order valence-corrected chi connectivity index (χ3v) is 2.55. The molecule has 1 aliphatic heterocycles. The van der Waals surface area contributed by atoms with Crippen LogP contribution in [0.25, 0.3) is 0 Å². The average molecular weight is 216 g/mol. The minimum Gasteiger partial charge on any atom is -0.508 e. The lowest BCUT2D eigenvalue weighted by Crippen LogP contribution is -2.27. The number of aromatic hydroxyl groups is 1. The predicted molar refractivity (Wildman–Crippen MR) is 61.2 cm³/mol. The Labute approximate surface area is 93.1 Å². The number of hydrogen-bond donors (Lipinski definition) is 2. The van der Waals surface area contributed by atoms with Crippen LogP contribution in [0.2, 0.25) is 0 Å². The zero-order valence-corrected chi connectivity index (χ0v) is 8.63. The fourth-order valence-corrected chi connectivity index (χ4v) is 1.84. The molecule has 0 saturated heterocycles. The second kappa shape index (κ2) is 3.81. The van der Waals surface area contributed by atoms with Crippen molar-refractivity contribution in [2.75, 3.05) is 0 Å². The van der Waals surface area contributed by atoms with E-state index in [4.69, 9.17) is 5.73 Å². The van der Waals surface area contributed by atoms with Crippen LogP contribution in [0.4, 0.5) is 0 Å². The molecule has 1 unspecified atom stereocenters. The highest BCUT2D eigenvalue weighted by atomic mass is 16.3. The SMILES string of the molecule is NC(=O)CC1(c2cccc(O)c2)C=CC=N1. The van der Waals surface area contributed by atoms with E-state index in [1.165, 1.54) is 0 Å². The first-order chi connectivity index (χ1) is 7.62. The molecular formula is C12H12N2O2. The molecule has 1 aliphatic rings. The molecule has 0 fully saturated rings. The Kier molecular flexibility index (Phi) is 2.48. The number of hydrogen-bond acceptors (Lipinski definition) is 3. The van der Waals surface area contributed by atoms with Crippen molar-refractivity contribution < 1.29 is 9.90 Å². The molecule has 0 bridgehead atoms. The molecule has 4 nitrogen and oxygen atoms in total. The number of nitrogens with two attached hydrogens (primary N) is 1. The maximum atomic E-state index is 11.1. The third-order valence-electron chi connectivity index (χ3n) is 2.55. The lowest BCUT2D eigenvalue weighted by atomic mass is 9.87. The van der Waals surface area contributed by atoms with Crippen molar-refractivity contribution in [2.24, 2.45) is 10.7 Å². The van der Waals surface area contributed by atoms with E-state index in [2.05, 4.69) is 4.99 Å². The molecule has 2 rings (SSSR count). The maximum absolute atomic E-state index is 11.1. The van der Waals surface area contributed by atoms with Gasteiger partial charge in [0, 0.05) is 6.21 Å². The maximum Gasteiger partial charge on any atom is 0.220 e. The van der Waals surface area contributed by atoms with Crippen LogP contribution in [0.3, 0.4) is 0 Å². The van der Waals surface area contributed by atoms with E-state index in [0.717, 1.165) is 5.56 Å². The number of phenolic OH excluding ortho intramolecular Hbond substituents is 1. The molecule has 1 aromatic carbocycles. The number of amides is 1. The molecule has 1 amide bonds. The number of allylic oxidation sites excluding steroid dienone is 1. The van der Waals surface area contributed by atoms with Gasteiger partial charge in [-0.3, -0.25) is 9.79 Å². The van der Waals surface area contributed by atoms with Gasteiger partial charge in [-0.1, -0.05) is 18.2 Å². The van der Waals surface area contributed by atoms with Gasteiger partial charge in [-0.25, -0.2) is 0 Å². The summed E-state index contributed by atoms with van der Waals surface area (Å²) in [6.45, 7) is 0. The lowest BCUT2D eigenvalue weighted by Gasteiger charge is -2.23. The minimum atomic E-state index is -0.745. The van der Waals surface area contributed by atoms with Gasteiger partial charge in [0.15, 0.2) is 0 Å². The quantitative estimate of drug-likeness (QED) is 0.793. The molecule has 0 radical (unpaired) electrons. The minimum absolute atomic E-state index is 0.101. The van der Waals surface area contributed by atoms with Crippen LogP contribution in [0.1, 0.15) is 12.0 Å². The molecule has 0 spiro atoms. The van der Waals surface area contributed by atoms with Crippen LogP contribution in [-0.2, 0) is 10.3 Å². The molecule has 0 saturated carbocycles. The van der Waals surface area contributed by atoms with E-state index in [1.807, 2.05) is 12.1 Å². The van der Waals surface area contributed by atoms with Crippen molar-refractivity contribution in [3.63, 3.8) is 0 Å². The van der Waals surface area contributed by atoms with Gasteiger partial charge in [0.05, 0.1) is 6.42 Å². The molecule has 3 N–H and O–H groups in total. The average Bonchev–Trinajstić information content (AvgIpc) is 2.66. The Morgan fingerprint density at radius 3 is 2.88 bits per heavy atom. The van der Waals surface area contributed by atoms with Gasteiger partial charge >= 0.3 is 0 Å². The zero-order valence-electron chi connectivity index (χ0n) is 8.63. The van der Waals surface area contributed by atoms with Gasteiger partial charge in [0.2, 0.25) is 5.91 Å². The van der Waals surface area contributed by atoms with Crippen molar-refractivity contribution in [1.82, 2.24) is 0 Å². The summed E-state index contributed by atoms with van der Waals surface area (Å²) in [4.78, 5) is 15.3. The van der Waals surface area contributed by atoms with E-state index in [0.29, 0.717) is 0 Å². The fourth-order valence-electron chi connectivity index (χ4n) is 1.84. The second-order valence-corrected chi connectivity index (χ2v) is 3.75. The van der Waals surface area contributed by atoms with Gasteiger partial charge < -0.3 is 10.8 Å². The van der Waals surface area contributed by atoms with Crippen LogP contribution < -0.4 is 5.73 Å². The Hall–Kier alpha value is -2.10. The van der Waals surface area contributed by atoms with Crippen LogP contribution in [-0.4, -0.2) is 17.2 Å². The normalized spacial score (nSPS) is 22.5. The monoisotopic (exact) mass is 216 g/mol. The van der Waals surface area contributed by atoms with Crippen molar-refractivity contribution in [1.29, 1.82) is 0 Å². The van der Waals surface area contributed by atoms with Crippen LogP contribution in [0, 0.1) is 0 Å². The Bertz CT molecular complexity index is 466. The number of carbonyl (C=O) groups is 1. The molecule has 4 heteroatoms. The summed E-state index contributed by atoms with van der Waals surface area (Å²) in [5.74, 6) is -0.274. The van der Waals surface area contributed by atoms with E-state index >= 15 is 0 Å². The first kappa shape index (κ1) is 10.4. The van der Waals surface area contributed by atoms with Gasteiger partial charge in [-0.15, -0.1) is 0 Å². The van der Waals surface area contributed by atoms with Gasteiger partial charge in [0.1, 0.15) is 11.3 Å². The van der Waals surface area contributed by atoms with Crippen LogP contribution >= 0.6 is 0 Å². The Balaban J connectivity index is 2.44. The predicted octanol–water partition coefficient (Wildman–Crippen LogP) is 1.10. The lowest BCUT2D eigenvalue weighted by molar-refractivity contribution is -0.118. The van der Waals surface area contributed by atoms with Gasteiger partial charge in [-0.2, -0.15) is 0 Å². The van der Waals surface area contributed by atoms with Crippen LogP contribution in [0.15, 0.2) is 41.4 Å². The van der Waals surface area contributed by atoms with Crippen molar-refractivity contribution in [3.05, 3.63) is 42.0 Å². The zero-order chi connectivity index (χ0) is 11.6.